The van der Waals surface area contributed by atoms with Crippen LogP contribution < -0.4 is 10.2 Å². The van der Waals surface area contributed by atoms with Gasteiger partial charge in [0.25, 0.3) is 0 Å². The van der Waals surface area contributed by atoms with Crippen LogP contribution in [0.4, 0.5) is 0 Å². The first kappa shape index (κ1) is 23.7. The first-order valence-electron chi connectivity index (χ1n) is 1.38. The summed E-state index contributed by atoms with van der Waals surface area (Å²) in [5, 5.41) is 17.1. The van der Waals surface area contributed by atoms with Gasteiger partial charge in [0.05, 0.1) is 0 Å². The number of rotatable bonds is 0. The van der Waals surface area contributed by atoms with Crippen LogP contribution in [0, 0.1) is 0 Å². The van der Waals surface area contributed by atoms with Gasteiger partial charge in [-0.25, -0.2) is 0 Å². The summed E-state index contributed by atoms with van der Waals surface area (Å²) in [4.78, 5) is 17.1. The molecule has 0 heterocycles. The maximum atomic E-state index is 8.89. The van der Waals surface area contributed by atoms with Crippen molar-refractivity contribution in [1.29, 1.82) is 0 Å². The van der Waals surface area contributed by atoms with Crippen molar-refractivity contribution in [2.75, 3.05) is 0 Å². The molecule has 1 N–H and O–H groups in total. The summed E-state index contributed by atoms with van der Waals surface area (Å²) >= 11 is 0. The van der Waals surface area contributed by atoms with Crippen molar-refractivity contribution >= 4 is 29.8 Å². The Morgan fingerprint density at radius 3 is 1.56 bits per heavy atom. The van der Waals surface area contributed by atoms with Crippen molar-refractivity contribution in [3.05, 3.63) is 0 Å². The molecule has 0 saturated carbocycles. The molecule has 0 rings (SSSR count). The van der Waals surface area contributed by atoms with E-state index in [2.05, 4.69) is 0 Å². The molecule has 50 valence electrons. The molecular weight excluding hydrogens is 143 g/mol. The molecule has 0 amide bonds. The van der Waals surface area contributed by atoms with E-state index < -0.39 is 12.4 Å². The summed E-state index contributed by atoms with van der Waals surface area (Å²) in [7, 11) is 0. The summed E-state index contributed by atoms with van der Waals surface area (Å²) in [6, 6.07) is 0. The number of aliphatic carboxylic acids is 1. The molecule has 0 aromatic carbocycles. The quantitative estimate of drug-likeness (QED) is 0.262. The molecule has 0 aliphatic carbocycles. The number of carbonyl (C=O) groups excluding carboxylic acids is 2. The zero-order valence-electron chi connectivity index (χ0n) is 4.73. The van der Waals surface area contributed by atoms with Gasteiger partial charge in [0.1, 0.15) is 0 Å². The molecule has 6 heteroatoms. The summed E-state index contributed by atoms with van der Waals surface area (Å²) in [6.45, 7) is 0.472. The topological polar surface area (TPSA) is 110 Å². The molecule has 0 saturated heterocycles. The van der Waals surface area contributed by atoms with Gasteiger partial charge in [0.15, 0.2) is 0 Å². The largest absolute Gasteiger partial charge is 3.00 e. The Balaban J connectivity index is -0.0000000233. The Kier molecular flexibility index (Phi) is 68.8. The van der Waals surface area contributed by atoms with E-state index in [9.17, 15) is 0 Å². The monoisotopic (exact) mass is 148 g/mol. The van der Waals surface area contributed by atoms with Crippen molar-refractivity contribution in [3.63, 3.8) is 0 Å². The molecule has 0 spiro atoms. The van der Waals surface area contributed by atoms with E-state index in [1.165, 1.54) is 0 Å². The average Bonchev–Trinajstić information content (AvgIpc) is 1.33. The van der Waals surface area contributed by atoms with Crippen LogP contribution in [0.25, 0.3) is 0 Å². The zero-order valence-corrected chi connectivity index (χ0v) is 5.89. The van der Waals surface area contributed by atoms with E-state index in [1.807, 2.05) is 0 Å². The van der Waals surface area contributed by atoms with Gasteiger partial charge in [-0.15, -0.1) is 0 Å². The van der Waals surface area contributed by atoms with Crippen molar-refractivity contribution in [2.24, 2.45) is 0 Å². The van der Waals surface area contributed by atoms with Crippen LogP contribution in [-0.2, 0) is 9.59 Å². The predicted octanol–water partition coefficient (Wildman–Crippen LogP) is -3.44. The van der Waals surface area contributed by atoms with E-state index in [-0.39, 0.29) is 22.8 Å². The van der Waals surface area contributed by atoms with Crippen molar-refractivity contribution in [1.82, 2.24) is 0 Å². The van der Waals surface area contributed by atoms with Crippen LogP contribution in [0.15, 0.2) is 0 Å². The fraction of sp³-hybridized carbons (Fsp3) is 0.333. The van der Waals surface area contributed by atoms with Crippen LogP contribution in [0.5, 0.6) is 0 Å². The van der Waals surface area contributed by atoms with Gasteiger partial charge < -0.3 is 25.3 Å². The zero-order chi connectivity index (χ0) is 6.28. The van der Waals surface area contributed by atoms with Gasteiger partial charge in [-0.3, -0.25) is 0 Å². The molecule has 0 bridgehead atoms. The molecule has 0 radical (unpaired) electrons. The normalized spacial score (nSPS) is 4.11. The number of carboxylic acids is 1. The molecule has 5 nitrogen and oxygen atoms in total. The van der Waals surface area contributed by atoms with Crippen LogP contribution in [0.3, 0.4) is 0 Å². The molecule has 0 aromatic heterocycles. The minimum absolute atomic E-state index is 0. The third-order valence-corrected chi connectivity index (χ3v) is 0. The SMILES string of the molecule is CC(=O)[O-].O=C[O-].[Al+3].[OH-]. The number of hydrogen-bond acceptors (Lipinski definition) is 5. The minimum Gasteiger partial charge on any atom is -0.870 e. The fourth-order valence-electron chi connectivity index (χ4n) is 0. The Hall–Kier alpha value is -0.568. The second-order valence-corrected chi connectivity index (χ2v) is 0.588. The second kappa shape index (κ2) is 26.1. The Labute approximate surface area is 62.7 Å². The average molecular weight is 148 g/mol. The maximum absolute atomic E-state index is 8.89. The van der Waals surface area contributed by atoms with Gasteiger partial charge in [-0.1, -0.05) is 0 Å². The molecule has 0 fully saturated rings. The Bertz CT molecular complexity index is 59.2. The Morgan fingerprint density at radius 1 is 1.56 bits per heavy atom. The summed E-state index contributed by atoms with van der Waals surface area (Å²) in [6.07, 6.45) is 0. The molecule has 0 atom stereocenters. The van der Waals surface area contributed by atoms with E-state index in [0.717, 1.165) is 6.92 Å². The van der Waals surface area contributed by atoms with Crippen molar-refractivity contribution < 1.29 is 25.3 Å². The van der Waals surface area contributed by atoms with E-state index >= 15 is 0 Å². The standard InChI is InChI=1S/C2H4O2.CH2O2.Al.H2O/c1-2(3)4;2-1-3;;/h1H3,(H,3,4);1H,(H,2,3);;1H2/q;;+3;/p-3. The molecule has 0 unspecified atom stereocenters. The molecule has 0 aromatic rings. The van der Waals surface area contributed by atoms with Crippen LogP contribution in [0.1, 0.15) is 6.92 Å². The number of hydrogen-bond donors (Lipinski definition) is 0. The van der Waals surface area contributed by atoms with Crippen LogP contribution in [0.2, 0.25) is 0 Å². The van der Waals surface area contributed by atoms with Gasteiger partial charge in [-0.05, 0) is 6.92 Å². The molecular formula is C3H5AlO5. The smallest absolute Gasteiger partial charge is 0.870 e. The van der Waals surface area contributed by atoms with E-state index in [0.29, 0.717) is 0 Å². The van der Waals surface area contributed by atoms with E-state index in [1.54, 1.807) is 0 Å². The summed E-state index contributed by atoms with van der Waals surface area (Å²) in [5.41, 5.74) is 0. The van der Waals surface area contributed by atoms with Gasteiger partial charge in [0, 0.05) is 12.4 Å². The third kappa shape index (κ3) is 681. The minimum atomic E-state index is -1.08. The van der Waals surface area contributed by atoms with Crippen molar-refractivity contribution in [2.45, 2.75) is 6.92 Å². The molecule has 0 aliphatic heterocycles. The van der Waals surface area contributed by atoms with Crippen LogP contribution in [-0.4, -0.2) is 35.3 Å². The third-order valence-electron chi connectivity index (χ3n) is 0. The van der Waals surface area contributed by atoms with Gasteiger partial charge >= 0.3 is 17.4 Å². The fourth-order valence-corrected chi connectivity index (χ4v) is 0. The van der Waals surface area contributed by atoms with Gasteiger partial charge in [0.2, 0.25) is 0 Å². The predicted molar refractivity (Wildman–Crippen MR) is 24.4 cm³/mol. The number of carbonyl (C=O) groups is 2. The number of carboxylic acid groups (broad SMARTS) is 2. The first-order chi connectivity index (χ1) is 3.15. The van der Waals surface area contributed by atoms with Crippen molar-refractivity contribution in [3.8, 4) is 0 Å². The Morgan fingerprint density at radius 2 is 1.56 bits per heavy atom. The van der Waals surface area contributed by atoms with E-state index in [4.69, 9.17) is 19.8 Å². The molecule has 0 aliphatic rings. The second-order valence-electron chi connectivity index (χ2n) is 0.588. The van der Waals surface area contributed by atoms with Crippen LogP contribution >= 0.6 is 0 Å². The summed E-state index contributed by atoms with van der Waals surface area (Å²) < 4.78 is 0. The molecule has 9 heavy (non-hydrogen) atoms. The van der Waals surface area contributed by atoms with Gasteiger partial charge in [-0.2, -0.15) is 0 Å². The first-order valence-corrected chi connectivity index (χ1v) is 1.38. The maximum Gasteiger partial charge on any atom is 3.00 e. The summed E-state index contributed by atoms with van der Waals surface area (Å²) in [5.74, 6) is -1.08.